The van der Waals surface area contributed by atoms with Crippen LogP contribution in [0.3, 0.4) is 0 Å². The van der Waals surface area contributed by atoms with Crippen LogP contribution in [0.2, 0.25) is 0 Å². The molecule has 11 heteroatoms. The third-order valence-electron chi connectivity index (χ3n) is 5.24. The summed E-state index contributed by atoms with van der Waals surface area (Å²) >= 11 is 1.30. The molecular formula is C22H26N4O6S. The van der Waals surface area contributed by atoms with Gasteiger partial charge in [-0.15, -0.1) is 11.3 Å². The van der Waals surface area contributed by atoms with Crippen LogP contribution < -0.4 is 25.0 Å². The van der Waals surface area contributed by atoms with E-state index in [4.69, 9.17) is 14.2 Å². The minimum absolute atomic E-state index is 0.00181. The molecule has 0 saturated carbocycles. The lowest BCUT2D eigenvalue weighted by atomic mass is 10.2. The van der Waals surface area contributed by atoms with Crippen molar-refractivity contribution >= 4 is 39.9 Å². The maximum atomic E-state index is 13.1. The van der Waals surface area contributed by atoms with Gasteiger partial charge in [0.1, 0.15) is 19.8 Å². The van der Waals surface area contributed by atoms with Crippen LogP contribution in [0.5, 0.6) is 11.5 Å². The summed E-state index contributed by atoms with van der Waals surface area (Å²) in [6, 6.07) is 5.09. The molecule has 33 heavy (non-hydrogen) atoms. The van der Waals surface area contributed by atoms with Crippen molar-refractivity contribution in [2.45, 2.75) is 31.8 Å². The Morgan fingerprint density at radius 2 is 1.94 bits per heavy atom. The number of carbonyl (C=O) groups is 3. The van der Waals surface area contributed by atoms with Crippen LogP contribution in [0, 0.1) is 0 Å². The topological polar surface area (TPSA) is 119 Å². The molecule has 4 rings (SSSR count). The van der Waals surface area contributed by atoms with Gasteiger partial charge >= 0.3 is 0 Å². The predicted octanol–water partition coefficient (Wildman–Crippen LogP) is 1.96. The number of anilines is 2. The molecule has 0 radical (unpaired) electrons. The number of rotatable bonds is 9. The monoisotopic (exact) mass is 474 g/mol. The summed E-state index contributed by atoms with van der Waals surface area (Å²) in [5, 5.41) is 7.72. The Balaban J connectivity index is 1.41. The molecular weight excluding hydrogens is 448 g/mol. The summed E-state index contributed by atoms with van der Waals surface area (Å²) in [5.74, 6) is 0.123. The van der Waals surface area contributed by atoms with Crippen LogP contribution in [-0.2, 0) is 19.1 Å². The SMILES string of the molecule is O=C(CN(C(=O)CCC(=O)Nc1nccs1)c1ccc2c(c1)OCCO2)NCC1CCCO1. The van der Waals surface area contributed by atoms with Crippen molar-refractivity contribution in [2.24, 2.45) is 0 Å². The number of nitrogens with zero attached hydrogens (tertiary/aromatic N) is 2. The first-order valence-corrected chi connectivity index (χ1v) is 11.7. The van der Waals surface area contributed by atoms with E-state index in [2.05, 4.69) is 15.6 Å². The van der Waals surface area contributed by atoms with E-state index in [9.17, 15) is 14.4 Å². The summed E-state index contributed by atoms with van der Waals surface area (Å²) < 4.78 is 16.7. The summed E-state index contributed by atoms with van der Waals surface area (Å²) in [4.78, 5) is 43.2. The van der Waals surface area contributed by atoms with Crippen LogP contribution in [0.4, 0.5) is 10.8 Å². The lowest BCUT2D eigenvalue weighted by Gasteiger charge is -2.25. The first-order valence-electron chi connectivity index (χ1n) is 10.9. The van der Waals surface area contributed by atoms with Gasteiger partial charge in [-0.05, 0) is 25.0 Å². The minimum Gasteiger partial charge on any atom is -0.486 e. The maximum absolute atomic E-state index is 13.1. The molecule has 0 aliphatic carbocycles. The first kappa shape index (κ1) is 23.0. The smallest absolute Gasteiger partial charge is 0.240 e. The first-order chi connectivity index (χ1) is 16.1. The number of thiazole rings is 1. The third kappa shape index (κ3) is 6.42. The fourth-order valence-corrected chi connectivity index (χ4v) is 4.12. The fraction of sp³-hybridized carbons (Fsp3) is 0.455. The number of hydrogen-bond donors (Lipinski definition) is 2. The minimum atomic E-state index is -0.353. The Kier molecular flexibility index (Phi) is 7.74. The Labute approximate surface area is 195 Å². The molecule has 1 atom stereocenters. The van der Waals surface area contributed by atoms with Gasteiger partial charge in [0.25, 0.3) is 0 Å². The second-order valence-corrected chi connectivity index (χ2v) is 8.53. The fourth-order valence-electron chi connectivity index (χ4n) is 3.58. The number of fused-ring (bicyclic) bond motifs is 1. The number of hydrogen-bond acceptors (Lipinski definition) is 8. The third-order valence-corrected chi connectivity index (χ3v) is 5.92. The highest BCUT2D eigenvalue weighted by Gasteiger charge is 2.24. The molecule has 1 aromatic carbocycles. The standard InChI is InChI=1S/C22H26N4O6S/c27-19(25-22-23-7-11-33-22)5-6-21(29)26(14-20(28)24-13-16-2-1-8-30-16)15-3-4-17-18(12-15)32-10-9-31-17/h3-4,7,11-12,16H,1-2,5-6,8-10,13-14H2,(H,24,28)(H,23,25,27). The van der Waals surface area contributed by atoms with Crippen molar-refractivity contribution in [3.05, 3.63) is 29.8 Å². The van der Waals surface area contributed by atoms with Crippen molar-refractivity contribution in [1.29, 1.82) is 0 Å². The van der Waals surface area contributed by atoms with Crippen molar-refractivity contribution < 1.29 is 28.6 Å². The predicted molar refractivity (Wildman–Crippen MR) is 122 cm³/mol. The van der Waals surface area contributed by atoms with Crippen LogP contribution in [-0.4, -0.2) is 61.7 Å². The quantitative estimate of drug-likeness (QED) is 0.570. The highest BCUT2D eigenvalue weighted by atomic mass is 32.1. The van der Waals surface area contributed by atoms with Gasteiger partial charge in [0.15, 0.2) is 16.6 Å². The van der Waals surface area contributed by atoms with E-state index < -0.39 is 0 Å². The van der Waals surface area contributed by atoms with Gasteiger partial charge in [0.2, 0.25) is 17.7 Å². The lowest BCUT2D eigenvalue weighted by molar-refractivity contribution is -0.125. The van der Waals surface area contributed by atoms with Crippen molar-refractivity contribution in [3.8, 4) is 11.5 Å². The molecule has 1 unspecified atom stereocenters. The largest absolute Gasteiger partial charge is 0.486 e. The second-order valence-electron chi connectivity index (χ2n) is 7.63. The highest BCUT2D eigenvalue weighted by molar-refractivity contribution is 7.13. The zero-order valence-electron chi connectivity index (χ0n) is 18.1. The Hall–Kier alpha value is -3.18. The molecule has 10 nitrogen and oxygen atoms in total. The summed E-state index contributed by atoms with van der Waals surface area (Å²) in [7, 11) is 0. The van der Waals surface area contributed by atoms with E-state index in [1.165, 1.54) is 16.2 Å². The Morgan fingerprint density at radius 1 is 1.09 bits per heavy atom. The van der Waals surface area contributed by atoms with Crippen LogP contribution in [0.1, 0.15) is 25.7 Å². The molecule has 3 amide bonds. The van der Waals surface area contributed by atoms with Crippen molar-refractivity contribution in [1.82, 2.24) is 10.3 Å². The average Bonchev–Trinajstić information content (AvgIpc) is 3.54. The summed E-state index contributed by atoms with van der Waals surface area (Å²) in [6.07, 6.45) is 3.37. The molecule has 0 bridgehead atoms. The van der Waals surface area contributed by atoms with Gasteiger partial charge in [0.05, 0.1) is 6.10 Å². The molecule has 1 saturated heterocycles. The zero-order chi connectivity index (χ0) is 23.0. The normalized spacial score (nSPS) is 16.8. The summed E-state index contributed by atoms with van der Waals surface area (Å²) in [5.41, 5.74) is 0.497. The van der Waals surface area contributed by atoms with Crippen molar-refractivity contribution in [2.75, 3.05) is 43.1 Å². The molecule has 1 fully saturated rings. The molecule has 2 aliphatic heterocycles. The van der Waals surface area contributed by atoms with Gasteiger partial charge in [0, 0.05) is 49.3 Å². The van der Waals surface area contributed by atoms with Gasteiger partial charge in [-0.25, -0.2) is 4.98 Å². The van der Waals surface area contributed by atoms with Crippen LogP contribution in [0.25, 0.3) is 0 Å². The van der Waals surface area contributed by atoms with E-state index >= 15 is 0 Å². The van der Waals surface area contributed by atoms with E-state index in [0.29, 0.717) is 48.7 Å². The van der Waals surface area contributed by atoms with E-state index in [-0.39, 0.29) is 43.2 Å². The Morgan fingerprint density at radius 3 is 2.70 bits per heavy atom. The second kappa shape index (κ2) is 11.1. The molecule has 3 heterocycles. The number of nitrogens with one attached hydrogen (secondary N) is 2. The van der Waals surface area contributed by atoms with Crippen molar-refractivity contribution in [3.63, 3.8) is 0 Å². The number of carbonyl (C=O) groups excluding carboxylic acids is 3. The number of ether oxygens (including phenoxy) is 3. The van der Waals surface area contributed by atoms with E-state index in [0.717, 1.165) is 12.8 Å². The van der Waals surface area contributed by atoms with Gasteiger partial charge in [-0.1, -0.05) is 0 Å². The van der Waals surface area contributed by atoms with Crippen LogP contribution in [0.15, 0.2) is 29.8 Å². The maximum Gasteiger partial charge on any atom is 0.240 e. The van der Waals surface area contributed by atoms with E-state index in [1.54, 1.807) is 29.8 Å². The molecule has 2 N–H and O–H groups in total. The molecule has 176 valence electrons. The lowest BCUT2D eigenvalue weighted by Crippen LogP contribution is -2.43. The van der Waals surface area contributed by atoms with Gasteiger partial charge in [-0.2, -0.15) is 0 Å². The number of aromatic nitrogens is 1. The van der Waals surface area contributed by atoms with Gasteiger partial charge < -0.3 is 29.7 Å². The Bertz CT molecular complexity index is 977. The number of benzene rings is 1. The number of amides is 3. The van der Waals surface area contributed by atoms with Gasteiger partial charge in [-0.3, -0.25) is 14.4 Å². The molecule has 1 aromatic heterocycles. The highest BCUT2D eigenvalue weighted by Crippen LogP contribution is 2.34. The molecule has 2 aliphatic rings. The summed E-state index contributed by atoms with van der Waals surface area (Å²) in [6.45, 7) is 1.78. The molecule has 2 aromatic rings. The van der Waals surface area contributed by atoms with E-state index in [1.807, 2.05) is 0 Å². The molecule has 0 spiro atoms. The zero-order valence-corrected chi connectivity index (χ0v) is 18.9. The van der Waals surface area contributed by atoms with Crippen LogP contribution >= 0.6 is 11.3 Å². The average molecular weight is 475 g/mol.